The molecule has 0 aliphatic rings. The van der Waals surface area contributed by atoms with Gasteiger partial charge in [-0.1, -0.05) is 26.0 Å². The van der Waals surface area contributed by atoms with Crippen molar-refractivity contribution in [3.05, 3.63) is 48.8 Å². The molecule has 0 aliphatic carbocycles. The molecule has 2 rings (SSSR count). The van der Waals surface area contributed by atoms with E-state index in [-0.39, 0.29) is 6.61 Å². The van der Waals surface area contributed by atoms with Gasteiger partial charge in [-0.2, -0.15) is 0 Å². The summed E-state index contributed by atoms with van der Waals surface area (Å²) in [5.74, 6) is 0.771. The van der Waals surface area contributed by atoms with Gasteiger partial charge in [0.2, 0.25) is 0 Å². The number of para-hydroxylation sites is 2. The van der Waals surface area contributed by atoms with E-state index < -0.39 is 6.10 Å². The lowest BCUT2D eigenvalue weighted by Gasteiger charge is -2.17. The van der Waals surface area contributed by atoms with E-state index in [4.69, 9.17) is 4.74 Å². The van der Waals surface area contributed by atoms with Crippen LogP contribution in [0.3, 0.4) is 0 Å². The van der Waals surface area contributed by atoms with Gasteiger partial charge in [-0.25, -0.2) is 0 Å². The summed E-state index contributed by atoms with van der Waals surface area (Å²) in [6.45, 7) is 4.91. The maximum Gasteiger partial charge on any atom is 0.143 e. The van der Waals surface area contributed by atoms with Crippen LogP contribution in [-0.4, -0.2) is 35.0 Å². The predicted molar refractivity (Wildman–Crippen MR) is 80.4 cm³/mol. The molecule has 2 aromatic rings. The second-order valence-electron chi connectivity index (χ2n) is 5.09. The molecule has 0 radical (unpaired) electrons. The summed E-state index contributed by atoms with van der Waals surface area (Å²) < 4.78 is 7.74. The fraction of sp³-hybridized carbons (Fsp3) is 0.375. The molecule has 4 heteroatoms. The minimum atomic E-state index is -0.518. The number of hydrogen-bond acceptors (Lipinski definition) is 3. The van der Waals surface area contributed by atoms with Crippen LogP contribution in [-0.2, 0) is 0 Å². The summed E-state index contributed by atoms with van der Waals surface area (Å²) in [6, 6.07) is 12.1. The van der Waals surface area contributed by atoms with Crippen molar-refractivity contribution < 1.29 is 9.84 Å². The van der Waals surface area contributed by atoms with Crippen LogP contribution in [0, 0.1) is 0 Å². The minimum absolute atomic E-state index is 0.276. The van der Waals surface area contributed by atoms with Gasteiger partial charge in [0.05, 0.1) is 5.69 Å². The van der Waals surface area contributed by atoms with Crippen molar-refractivity contribution in [2.24, 2.45) is 0 Å². The summed E-state index contributed by atoms with van der Waals surface area (Å²) >= 11 is 0. The summed E-state index contributed by atoms with van der Waals surface area (Å²) in [5.41, 5.74) is 0.974. The minimum Gasteiger partial charge on any atom is -0.489 e. The standard InChI is InChI=1S/C16H22N2O2/c1-13(2)17-11-14(19)12-20-16-8-4-3-7-15(16)18-9-5-6-10-18/h3-10,13-14,17,19H,11-12H2,1-2H3/t14-/m0/s1. The van der Waals surface area contributed by atoms with Crippen LogP contribution in [0.15, 0.2) is 48.8 Å². The lowest BCUT2D eigenvalue weighted by molar-refractivity contribution is 0.104. The van der Waals surface area contributed by atoms with Crippen molar-refractivity contribution in [2.45, 2.75) is 26.0 Å². The predicted octanol–water partition coefficient (Wildman–Crippen LogP) is 2.21. The Morgan fingerprint density at radius 3 is 2.55 bits per heavy atom. The average molecular weight is 274 g/mol. The average Bonchev–Trinajstić information content (AvgIpc) is 2.97. The van der Waals surface area contributed by atoms with E-state index in [1.807, 2.05) is 53.4 Å². The molecule has 0 aliphatic heterocycles. The van der Waals surface area contributed by atoms with Crippen molar-refractivity contribution >= 4 is 0 Å². The molecule has 4 nitrogen and oxygen atoms in total. The van der Waals surface area contributed by atoms with Crippen molar-refractivity contribution in [3.63, 3.8) is 0 Å². The highest BCUT2D eigenvalue weighted by Gasteiger charge is 2.09. The quantitative estimate of drug-likeness (QED) is 0.814. The van der Waals surface area contributed by atoms with Crippen LogP contribution in [0.2, 0.25) is 0 Å². The smallest absolute Gasteiger partial charge is 0.143 e. The van der Waals surface area contributed by atoms with E-state index in [1.165, 1.54) is 0 Å². The normalized spacial score (nSPS) is 12.6. The van der Waals surface area contributed by atoms with E-state index >= 15 is 0 Å². The Morgan fingerprint density at radius 2 is 1.85 bits per heavy atom. The summed E-state index contributed by atoms with van der Waals surface area (Å²) in [5, 5.41) is 13.1. The van der Waals surface area contributed by atoms with Gasteiger partial charge in [-0.15, -0.1) is 0 Å². The molecule has 20 heavy (non-hydrogen) atoms. The van der Waals surface area contributed by atoms with Gasteiger partial charge >= 0.3 is 0 Å². The van der Waals surface area contributed by atoms with E-state index in [1.54, 1.807) is 0 Å². The Balaban J connectivity index is 1.96. The molecule has 1 atom stereocenters. The van der Waals surface area contributed by atoms with Gasteiger partial charge in [0.15, 0.2) is 0 Å². The largest absolute Gasteiger partial charge is 0.489 e. The molecule has 0 unspecified atom stereocenters. The second kappa shape index (κ2) is 7.12. The van der Waals surface area contributed by atoms with Gasteiger partial charge in [0, 0.05) is 25.0 Å². The number of aliphatic hydroxyl groups is 1. The third-order valence-corrected chi connectivity index (χ3v) is 2.94. The molecule has 0 spiro atoms. The maximum atomic E-state index is 9.89. The Bertz CT molecular complexity index is 509. The summed E-state index contributed by atoms with van der Waals surface area (Å²) in [7, 11) is 0. The number of aromatic nitrogens is 1. The van der Waals surface area contributed by atoms with Gasteiger partial charge in [0.1, 0.15) is 18.5 Å². The van der Waals surface area contributed by atoms with Crippen molar-refractivity contribution in [2.75, 3.05) is 13.2 Å². The molecule has 0 bridgehead atoms. The van der Waals surface area contributed by atoms with E-state index in [2.05, 4.69) is 19.2 Å². The first kappa shape index (κ1) is 14.6. The Hall–Kier alpha value is -1.78. The molecule has 0 saturated carbocycles. The van der Waals surface area contributed by atoms with E-state index in [0.717, 1.165) is 11.4 Å². The maximum absolute atomic E-state index is 9.89. The topological polar surface area (TPSA) is 46.4 Å². The highest BCUT2D eigenvalue weighted by molar-refractivity contribution is 5.46. The van der Waals surface area contributed by atoms with Crippen LogP contribution in [0.25, 0.3) is 5.69 Å². The zero-order valence-corrected chi connectivity index (χ0v) is 12.0. The summed E-state index contributed by atoms with van der Waals surface area (Å²) in [6.07, 6.45) is 3.42. The molecule has 1 heterocycles. The molecule has 108 valence electrons. The first-order valence-corrected chi connectivity index (χ1v) is 6.93. The van der Waals surface area contributed by atoms with E-state index in [9.17, 15) is 5.11 Å². The van der Waals surface area contributed by atoms with Gasteiger partial charge in [0.25, 0.3) is 0 Å². The van der Waals surface area contributed by atoms with E-state index in [0.29, 0.717) is 12.6 Å². The number of benzene rings is 1. The van der Waals surface area contributed by atoms with Crippen molar-refractivity contribution in [3.8, 4) is 11.4 Å². The zero-order chi connectivity index (χ0) is 14.4. The lowest BCUT2D eigenvalue weighted by Crippen LogP contribution is -2.35. The fourth-order valence-corrected chi connectivity index (χ4v) is 1.90. The number of rotatable bonds is 7. The first-order chi connectivity index (χ1) is 9.66. The Kier molecular flexibility index (Phi) is 5.21. The number of nitrogens with zero attached hydrogens (tertiary/aromatic N) is 1. The van der Waals surface area contributed by atoms with Crippen molar-refractivity contribution in [1.29, 1.82) is 0 Å². The molecule has 0 amide bonds. The molecule has 1 aromatic carbocycles. The van der Waals surface area contributed by atoms with Crippen LogP contribution in [0.1, 0.15) is 13.8 Å². The van der Waals surface area contributed by atoms with Crippen LogP contribution in [0.5, 0.6) is 5.75 Å². The molecular weight excluding hydrogens is 252 g/mol. The molecular formula is C16H22N2O2. The molecule has 0 fully saturated rings. The van der Waals surface area contributed by atoms with Gasteiger partial charge in [-0.3, -0.25) is 0 Å². The highest BCUT2D eigenvalue weighted by atomic mass is 16.5. The Morgan fingerprint density at radius 1 is 1.15 bits per heavy atom. The fourth-order valence-electron chi connectivity index (χ4n) is 1.90. The molecule has 2 N–H and O–H groups in total. The summed E-state index contributed by atoms with van der Waals surface area (Å²) in [4.78, 5) is 0. The van der Waals surface area contributed by atoms with Crippen molar-refractivity contribution in [1.82, 2.24) is 9.88 Å². The molecule has 0 saturated heterocycles. The second-order valence-corrected chi connectivity index (χ2v) is 5.09. The zero-order valence-electron chi connectivity index (χ0n) is 12.0. The lowest BCUT2D eigenvalue weighted by atomic mass is 10.3. The highest BCUT2D eigenvalue weighted by Crippen LogP contribution is 2.22. The number of hydrogen-bond donors (Lipinski definition) is 2. The van der Waals surface area contributed by atoms with Crippen LogP contribution < -0.4 is 10.1 Å². The number of nitrogens with one attached hydrogen (secondary N) is 1. The number of ether oxygens (including phenoxy) is 1. The van der Waals surface area contributed by atoms with Crippen LogP contribution >= 0.6 is 0 Å². The van der Waals surface area contributed by atoms with Gasteiger partial charge in [-0.05, 0) is 24.3 Å². The Labute approximate surface area is 120 Å². The molecule has 1 aromatic heterocycles. The number of aliphatic hydroxyl groups excluding tert-OH is 1. The first-order valence-electron chi connectivity index (χ1n) is 6.93. The third-order valence-electron chi connectivity index (χ3n) is 2.94. The monoisotopic (exact) mass is 274 g/mol. The van der Waals surface area contributed by atoms with Gasteiger partial charge < -0.3 is 19.7 Å². The van der Waals surface area contributed by atoms with Crippen LogP contribution in [0.4, 0.5) is 0 Å². The SMILES string of the molecule is CC(C)NC[C@H](O)COc1ccccc1-n1cccc1. The third kappa shape index (κ3) is 4.11.